The topological polar surface area (TPSA) is 78.9 Å². The van der Waals surface area contributed by atoms with Gasteiger partial charge in [0.25, 0.3) is 0 Å². The van der Waals surface area contributed by atoms with E-state index in [9.17, 15) is 14.4 Å². The lowest BCUT2D eigenvalue weighted by atomic mass is 10.0. The van der Waals surface area contributed by atoms with Gasteiger partial charge in [-0.05, 0) is 89.9 Å². The van der Waals surface area contributed by atoms with Crippen molar-refractivity contribution >= 4 is 17.9 Å². The number of unbranched alkanes of at least 4 members (excludes halogenated alkanes) is 38. The lowest BCUT2D eigenvalue weighted by Crippen LogP contribution is -2.30. The second kappa shape index (κ2) is 68.1. The Bertz CT molecular complexity index is 1520. The summed E-state index contributed by atoms with van der Waals surface area (Å²) in [6, 6.07) is 0. The molecule has 0 aliphatic heterocycles. The third-order valence-corrected chi connectivity index (χ3v) is 15.1. The Morgan fingerprint density at radius 3 is 0.812 bits per heavy atom. The highest BCUT2D eigenvalue weighted by atomic mass is 16.6. The van der Waals surface area contributed by atoms with Gasteiger partial charge in [0.05, 0.1) is 0 Å². The highest BCUT2D eigenvalue weighted by molar-refractivity contribution is 5.71. The van der Waals surface area contributed by atoms with E-state index in [0.717, 1.165) is 83.5 Å². The van der Waals surface area contributed by atoms with Crippen LogP contribution in [0.4, 0.5) is 0 Å². The maximum atomic E-state index is 12.9. The molecule has 0 saturated carbocycles. The number of carbonyl (C=O) groups is 3. The van der Waals surface area contributed by atoms with Gasteiger partial charge in [0.1, 0.15) is 13.2 Å². The van der Waals surface area contributed by atoms with Crippen molar-refractivity contribution in [3.63, 3.8) is 0 Å². The van der Waals surface area contributed by atoms with Gasteiger partial charge >= 0.3 is 17.9 Å². The standard InChI is InChI=1S/C74H130O6/c1-4-7-10-13-16-19-22-25-28-31-33-34-35-36-37-38-39-40-41-44-46-49-52-55-58-61-64-67-73(76)79-70-71(69-78-72(75)66-63-60-57-54-51-48-45-42-30-27-24-21-18-15-12-9-6-3)80-74(77)68-65-62-59-56-53-50-47-43-32-29-26-23-20-17-14-11-8-5-2/h9,12,18,21-22,25,27,30-31,33,45,48,54,57,71H,4-8,10-11,13-17,19-20,23-24,26,28-29,32,34-44,46-47,49-53,55-56,58-70H2,1-3H3/b12-9-,21-18-,25-22-,30-27-,33-31-,48-45-,57-54-. The molecule has 0 heterocycles. The van der Waals surface area contributed by atoms with Crippen LogP contribution in [0.5, 0.6) is 0 Å². The minimum absolute atomic E-state index is 0.0906. The molecular weight excluding hydrogens is 985 g/mol. The van der Waals surface area contributed by atoms with Crippen LogP contribution in [-0.2, 0) is 28.6 Å². The number of rotatable bonds is 63. The molecule has 0 aromatic rings. The van der Waals surface area contributed by atoms with Crippen molar-refractivity contribution in [1.82, 2.24) is 0 Å². The van der Waals surface area contributed by atoms with E-state index in [1.165, 1.54) is 218 Å². The van der Waals surface area contributed by atoms with Gasteiger partial charge in [0.15, 0.2) is 6.10 Å². The van der Waals surface area contributed by atoms with E-state index in [2.05, 4.69) is 106 Å². The van der Waals surface area contributed by atoms with Crippen LogP contribution >= 0.6 is 0 Å². The molecule has 1 atom stereocenters. The Hall–Kier alpha value is -3.41. The zero-order valence-electron chi connectivity index (χ0n) is 53.1. The largest absolute Gasteiger partial charge is 0.462 e. The molecule has 462 valence electrons. The smallest absolute Gasteiger partial charge is 0.306 e. The summed E-state index contributed by atoms with van der Waals surface area (Å²) in [5, 5.41) is 0. The minimum atomic E-state index is -0.799. The zero-order valence-corrected chi connectivity index (χ0v) is 53.1. The molecule has 0 fully saturated rings. The summed E-state index contributed by atoms with van der Waals surface area (Å²) in [6.45, 7) is 6.52. The lowest BCUT2D eigenvalue weighted by molar-refractivity contribution is -0.167. The molecule has 0 N–H and O–H groups in total. The second-order valence-corrected chi connectivity index (χ2v) is 23.1. The third kappa shape index (κ3) is 65.4. The summed E-state index contributed by atoms with van der Waals surface area (Å²) in [6.07, 6.45) is 90.4. The molecule has 0 aliphatic carbocycles. The SMILES string of the molecule is CC/C=C\C/C=C\C/C=C\C/C=C\C/C=C\CCCC(=O)OCC(COC(=O)CCCCCCCCCCCCCCCCC/C=C\C/C=C\CCCCCCC)OC(=O)CCCCCCCCCCCCCCCCCCCC. The average Bonchev–Trinajstić information content (AvgIpc) is 3.46. The Morgan fingerprint density at radius 1 is 0.263 bits per heavy atom. The maximum Gasteiger partial charge on any atom is 0.306 e. The first-order chi connectivity index (χ1) is 39.5. The fourth-order valence-electron chi connectivity index (χ4n) is 9.98. The molecule has 0 radical (unpaired) electrons. The predicted octanol–water partition coefficient (Wildman–Crippen LogP) is 23.8. The molecule has 0 rings (SSSR count). The van der Waals surface area contributed by atoms with Crippen LogP contribution in [0.2, 0.25) is 0 Å². The van der Waals surface area contributed by atoms with Crippen LogP contribution < -0.4 is 0 Å². The van der Waals surface area contributed by atoms with E-state index in [1.54, 1.807) is 0 Å². The quantitative estimate of drug-likeness (QED) is 0.0261. The first-order valence-electron chi connectivity index (χ1n) is 34.6. The van der Waals surface area contributed by atoms with Crippen molar-refractivity contribution in [3.05, 3.63) is 85.1 Å². The van der Waals surface area contributed by atoms with Crippen molar-refractivity contribution < 1.29 is 28.6 Å². The lowest BCUT2D eigenvalue weighted by Gasteiger charge is -2.18. The van der Waals surface area contributed by atoms with E-state index < -0.39 is 6.10 Å². The molecule has 0 bridgehead atoms. The van der Waals surface area contributed by atoms with Crippen LogP contribution in [-0.4, -0.2) is 37.2 Å². The number of allylic oxidation sites excluding steroid dienone is 14. The average molecular weight is 1120 g/mol. The van der Waals surface area contributed by atoms with Gasteiger partial charge in [0.2, 0.25) is 0 Å². The molecule has 6 heteroatoms. The highest BCUT2D eigenvalue weighted by Gasteiger charge is 2.19. The number of ether oxygens (including phenoxy) is 3. The van der Waals surface area contributed by atoms with Gasteiger partial charge in [0, 0.05) is 19.3 Å². The normalized spacial score (nSPS) is 12.6. The van der Waals surface area contributed by atoms with E-state index in [-0.39, 0.29) is 37.5 Å². The molecule has 0 amide bonds. The summed E-state index contributed by atoms with van der Waals surface area (Å²) in [4.78, 5) is 38.4. The molecule has 80 heavy (non-hydrogen) atoms. The molecular formula is C74H130O6. The van der Waals surface area contributed by atoms with Crippen LogP contribution in [0.1, 0.15) is 348 Å². The zero-order chi connectivity index (χ0) is 57.8. The number of hydrogen-bond acceptors (Lipinski definition) is 6. The Balaban J connectivity index is 4.33. The monoisotopic (exact) mass is 1110 g/mol. The number of carbonyl (C=O) groups excluding carboxylic acids is 3. The third-order valence-electron chi connectivity index (χ3n) is 15.1. The molecule has 0 spiro atoms. The summed E-state index contributed by atoms with van der Waals surface area (Å²) in [7, 11) is 0. The van der Waals surface area contributed by atoms with Gasteiger partial charge in [-0.3, -0.25) is 14.4 Å². The van der Waals surface area contributed by atoms with Crippen LogP contribution in [0.25, 0.3) is 0 Å². The van der Waals surface area contributed by atoms with E-state index >= 15 is 0 Å². The van der Waals surface area contributed by atoms with Crippen molar-refractivity contribution in [2.45, 2.75) is 354 Å². The Kier molecular flexibility index (Phi) is 65.2. The minimum Gasteiger partial charge on any atom is -0.462 e. The summed E-state index contributed by atoms with van der Waals surface area (Å²) < 4.78 is 16.9. The fraction of sp³-hybridized carbons (Fsp3) is 0.770. The first kappa shape index (κ1) is 76.6. The van der Waals surface area contributed by atoms with E-state index in [4.69, 9.17) is 14.2 Å². The van der Waals surface area contributed by atoms with Gasteiger partial charge in [-0.25, -0.2) is 0 Å². The fourth-order valence-corrected chi connectivity index (χ4v) is 9.98. The van der Waals surface area contributed by atoms with Gasteiger partial charge in [-0.2, -0.15) is 0 Å². The van der Waals surface area contributed by atoms with Crippen molar-refractivity contribution in [2.75, 3.05) is 13.2 Å². The number of esters is 3. The van der Waals surface area contributed by atoms with Crippen molar-refractivity contribution in [3.8, 4) is 0 Å². The highest BCUT2D eigenvalue weighted by Crippen LogP contribution is 2.18. The van der Waals surface area contributed by atoms with E-state index in [0.29, 0.717) is 19.3 Å². The summed E-state index contributed by atoms with van der Waals surface area (Å²) in [5.74, 6) is -0.933. The van der Waals surface area contributed by atoms with Crippen LogP contribution in [0.15, 0.2) is 85.1 Å². The maximum absolute atomic E-state index is 12.9. The predicted molar refractivity (Wildman–Crippen MR) is 348 cm³/mol. The summed E-state index contributed by atoms with van der Waals surface area (Å²) >= 11 is 0. The van der Waals surface area contributed by atoms with E-state index in [1.807, 2.05) is 0 Å². The molecule has 0 aromatic heterocycles. The molecule has 1 unspecified atom stereocenters. The van der Waals surface area contributed by atoms with Crippen LogP contribution in [0, 0.1) is 0 Å². The second-order valence-electron chi connectivity index (χ2n) is 23.1. The number of hydrogen-bond donors (Lipinski definition) is 0. The molecule has 6 nitrogen and oxygen atoms in total. The van der Waals surface area contributed by atoms with Gasteiger partial charge in [-0.1, -0.05) is 324 Å². The van der Waals surface area contributed by atoms with Crippen molar-refractivity contribution in [2.24, 2.45) is 0 Å². The molecule has 0 aromatic carbocycles. The molecule has 0 saturated heterocycles. The molecule has 0 aliphatic rings. The van der Waals surface area contributed by atoms with Crippen LogP contribution in [0.3, 0.4) is 0 Å². The Morgan fingerprint density at radius 2 is 0.500 bits per heavy atom. The van der Waals surface area contributed by atoms with Gasteiger partial charge < -0.3 is 14.2 Å². The van der Waals surface area contributed by atoms with Gasteiger partial charge in [-0.15, -0.1) is 0 Å². The van der Waals surface area contributed by atoms with Crippen molar-refractivity contribution in [1.29, 1.82) is 0 Å². The first-order valence-corrected chi connectivity index (χ1v) is 34.6. The summed E-state index contributed by atoms with van der Waals surface area (Å²) in [5.41, 5.74) is 0. The Labute approximate surface area is 496 Å².